The number of nitrogens with zero attached hydrogens (tertiary/aromatic N) is 4. The molecule has 1 fully saturated rings. The van der Waals surface area contributed by atoms with E-state index in [0.29, 0.717) is 12.2 Å². The van der Waals surface area contributed by atoms with Crippen LogP contribution >= 0.6 is 0 Å². The van der Waals surface area contributed by atoms with E-state index in [1.165, 1.54) is 25.9 Å². The van der Waals surface area contributed by atoms with E-state index >= 15 is 0 Å². The van der Waals surface area contributed by atoms with Crippen LogP contribution in [0.5, 0.6) is 0 Å². The Morgan fingerprint density at radius 3 is 2.37 bits per heavy atom. The number of benzene rings is 2. The highest BCUT2D eigenvalue weighted by Crippen LogP contribution is 2.25. The van der Waals surface area contributed by atoms with Gasteiger partial charge in [0, 0.05) is 12.1 Å². The van der Waals surface area contributed by atoms with Crippen molar-refractivity contribution in [1.29, 1.82) is 0 Å². The average molecular weight is 404 g/mol. The third kappa shape index (κ3) is 5.13. The standard InChI is InChI=1S/C24H29N5O/c30-23(25-15-7-8-16-28-17-9-10-18-28)19-22-24(20-11-3-1-4-12-20)29(27-26-22)21-13-5-2-6-14-21/h1-6,11-14H,7-10,15-19H2,(H,25,30). The van der Waals surface area contributed by atoms with Gasteiger partial charge in [-0.3, -0.25) is 4.79 Å². The van der Waals surface area contributed by atoms with Crippen LogP contribution in [0.2, 0.25) is 0 Å². The Labute approximate surface area is 177 Å². The number of rotatable bonds is 9. The Balaban J connectivity index is 1.39. The molecule has 6 heteroatoms. The fraction of sp³-hybridized carbons (Fsp3) is 0.375. The van der Waals surface area contributed by atoms with Crippen molar-refractivity contribution in [3.63, 3.8) is 0 Å². The summed E-state index contributed by atoms with van der Waals surface area (Å²) in [7, 11) is 0. The molecule has 0 unspecified atom stereocenters. The van der Waals surface area contributed by atoms with Crippen LogP contribution in [0.3, 0.4) is 0 Å². The first-order chi connectivity index (χ1) is 14.8. The first-order valence-corrected chi connectivity index (χ1v) is 10.9. The van der Waals surface area contributed by atoms with Crippen LogP contribution in [0.4, 0.5) is 0 Å². The van der Waals surface area contributed by atoms with Crippen molar-refractivity contribution in [3.05, 3.63) is 66.4 Å². The lowest BCUT2D eigenvalue weighted by molar-refractivity contribution is -0.120. The van der Waals surface area contributed by atoms with Gasteiger partial charge in [0.1, 0.15) is 5.69 Å². The molecule has 0 atom stereocenters. The lowest BCUT2D eigenvalue weighted by Crippen LogP contribution is -2.27. The second-order valence-electron chi connectivity index (χ2n) is 7.78. The zero-order valence-electron chi connectivity index (χ0n) is 17.3. The topological polar surface area (TPSA) is 63.1 Å². The third-order valence-electron chi connectivity index (χ3n) is 5.54. The number of likely N-dealkylation sites (tertiary alicyclic amines) is 1. The number of carbonyl (C=O) groups is 1. The van der Waals surface area contributed by atoms with Gasteiger partial charge in [-0.15, -0.1) is 5.10 Å². The molecule has 0 saturated carbocycles. The maximum atomic E-state index is 12.6. The normalized spacial score (nSPS) is 14.1. The molecular weight excluding hydrogens is 374 g/mol. The maximum Gasteiger partial charge on any atom is 0.226 e. The molecule has 30 heavy (non-hydrogen) atoms. The van der Waals surface area contributed by atoms with E-state index in [1.54, 1.807) is 0 Å². The highest BCUT2D eigenvalue weighted by molar-refractivity contribution is 5.80. The molecule has 2 aromatic carbocycles. The predicted octanol–water partition coefficient (Wildman–Crippen LogP) is 3.47. The maximum absolute atomic E-state index is 12.6. The molecular formula is C24H29N5O. The van der Waals surface area contributed by atoms with Gasteiger partial charge < -0.3 is 10.2 Å². The summed E-state index contributed by atoms with van der Waals surface area (Å²) in [6.45, 7) is 4.30. The number of hydrogen-bond donors (Lipinski definition) is 1. The van der Waals surface area contributed by atoms with Gasteiger partial charge in [0.2, 0.25) is 5.91 Å². The summed E-state index contributed by atoms with van der Waals surface area (Å²) in [6.07, 6.45) is 5.00. The second-order valence-corrected chi connectivity index (χ2v) is 7.78. The van der Waals surface area contributed by atoms with Crippen LogP contribution < -0.4 is 5.32 Å². The Morgan fingerprint density at radius 2 is 1.63 bits per heavy atom. The number of hydrogen-bond acceptors (Lipinski definition) is 4. The van der Waals surface area contributed by atoms with Crippen LogP contribution in [0.1, 0.15) is 31.4 Å². The molecule has 1 aliphatic heterocycles. The summed E-state index contributed by atoms with van der Waals surface area (Å²) >= 11 is 0. The zero-order valence-corrected chi connectivity index (χ0v) is 17.3. The van der Waals surface area contributed by atoms with E-state index < -0.39 is 0 Å². The highest BCUT2D eigenvalue weighted by atomic mass is 16.1. The monoisotopic (exact) mass is 403 g/mol. The lowest BCUT2D eigenvalue weighted by atomic mass is 10.1. The van der Waals surface area contributed by atoms with Crippen molar-refractivity contribution in [2.24, 2.45) is 0 Å². The molecule has 1 amide bonds. The van der Waals surface area contributed by atoms with Gasteiger partial charge in [-0.1, -0.05) is 53.7 Å². The highest BCUT2D eigenvalue weighted by Gasteiger charge is 2.18. The molecule has 6 nitrogen and oxygen atoms in total. The van der Waals surface area contributed by atoms with Gasteiger partial charge in [-0.25, -0.2) is 4.68 Å². The largest absolute Gasteiger partial charge is 0.356 e. The van der Waals surface area contributed by atoms with Gasteiger partial charge >= 0.3 is 0 Å². The molecule has 2 heterocycles. The minimum atomic E-state index is -0.00605. The van der Waals surface area contributed by atoms with Crippen LogP contribution in [0.15, 0.2) is 60.7 Å². The molecule has 1 aromatic heterocycles. The molecule has 1 saturated heterocycles. The summed E-state index contributed by atoms with van der Waals surface area (Å²) in [5.41, 5.74) is 3.49. The SMILES string of the molecule is O=C(Cc1nnn(-c2ccccc2)c1-c1ccccc1)NCCCCN1CCCC1. The summed E-state index contributed by atoms with van der Waals surface area (Å²) in [6, 6.07) is 19.9. The predicted molar refractivity (Wildman–Crippen MR) is 118 cm³/mol. The molecule has 1 N–H and O–H groups in total. The summed E-state index contributed by atoms with van der Waals surface area (Å²) in [4.78, 5) is 15.1. The molecule has 3 aromatic rings. The summed E-state index contributed by atoms with van der Waals surface area (Å²) < 4.78 is 1.81. The van der Waals surface area contributed by atoms with Crippen LogP contribution in [0.25, 0.3) is 16.9 Å². The van der Waals surface area contributed by atoms with Crippen LogP contribution in [0, 0.1) is 0 Å². The van der Waals surface area contributed by atoms with Crippen molar-refractivity contribution >= 4 is 5.91 Å². The van der Waals surface area contributed by atoms with Gasteiger partial charge in [-0.2, -0.15) is 0 Å². The van der Waals surface area contributed by atoms with E-state index in [-0.39, 0.29) is 12.3 Å². The Kier molecular flexibility index (Phi) is 6.87. The number of aromatic nitrogens is 3. The van der Waals surface area contributed by atoms with Gasteiger partial charge in [0.25, 0.3) is 0 Å². The molecule has 156 valence electrons. The minimum Gasteiger partial charge on any atom is -0.356 e. The fourth-order valence-corrected chi connectivity index (χ4v) is 3.98. The van der Waals surface area contributed by atoms with E-state index in [4.69, 9.17) is 0 Å². The van der Waals surface area contributed by atoms with E-state index in [0.717, 1.165) is 36.3 Å². The quantitative estimate of drug-likeness (QED) is 0.556. The molecule has 0 bridgehead atoms. The number of nitrogens with one attached hydrogen (secondary N) is 1. The number of para-hydroxylation sites is 1. The van der Waals surface area contributed by atoms with E-state index in [9.17, 15) is 4.79 Å². The van der Waals surface area contributed by atoms with Gasteiger partial charge in [-0.05, 0) is 57.5 Å². The summed E-state index contributed by atoms with van der Waals surface area (Å²) in [5, 5.41) is 11.8. The first kappa shape index (κ1) is 20.3. The Bertz CT molecular complexity index is 933. The van der Waals surface area contributed by atoms with Crippen molar-refractivity contribution in [2.75, 3.05) is 26.2 Å². The molecule has 4 rings (SSSR count). The van der Waals surface area contributed by atoms with E-state index in [2.05, 4.69) is 20.5 Å². The van der Waals surface area contributed by atoms with Crippen molar-refractivity contribution in [2.45, 2.75) is 32.1 Å². The lowest BCUT2D eigenvalue weighted by Gasteiger charge is -2.14. The molecule has 0 radical (unpaired) electrons. The Hall–Kier alpha value is -2.99. The summed E-state index contributed by atoms with van der Waals surface area (Å²) in [5.74, 6) is -0.00605. The number of unbranched alkanes of at least 4 members (excludes halogenated alkanes) is 1. The minimum absolute atomic E-state index is 0.00605. The smallest absolute Gasteiger partial charge is 0.226 e. The van der Waals surface area contributed by atoms with Gasteiger partial charge in [0.15, 0.2) is 0 Å². The van der Waals surface area contributed by atoms with Crippen LogP contribution in [-0.2, 0) is 11.2 Å². The average Bonchev–Trinajstić information content (AvgIpc) is 3.45. The number of carbonyl (C=O) groups excluding carboxylic acids is 1. The second kappa shape index (κ2) is 10.2. The molecule has 0 spiro atoms. The Morgan fingerprint density at radius 1 is 0.933 bits per heavy atom. The third-order valence-corrected chi connectivity index (χ3v) is 5.54. The fourth-order valence-electron chi connectivity index (χ4n) is 3.98. The molecule has 1 aliphatic rings. The number of amides is 1. The van der Waals surface area contributed by atoms with E-state index in [1.807, 2.05) is 65.3 Å². The van der Waals surface area contributed by atoms with Crippen molar-refractivity contribution < 1.29 is 4.79 Å². The van der Waals surface area contributed by atoms with Crippen molar-refractivity contribution in [3.8, 4) is 16.9 Å². The first-order valence-electron chi connectivity index (χ1n) is 10.9. The van der Waals surface area contributed by atoms with Crippen LogP contribution in [-0.4, -0.2) is 52.0 Å². The van der Waals surface area contributed by atoms with Gasteiger partial charge in [0.05, 0.1) is 17.8 Å². The zero-order chi connectivity index (χ0) is 20.6. The molecule has 0 aliphatic carbocycles. The van der Waals surface area contributed by atoms with Crippen molar-refractivity contribution in [1.82, 2.24) is 25.2 Å².